The maximum absolute atomic E-state index is 12.5. The third-order valence-corrected chi connectivity index (χ3v) is 3.44. The molecule has 0 aliphatic carbocycles. The highest BCUT2D eigenvalue weighted by Crippen LogP contribution is 2.14. The van der Waals surface area contributed by atoms with Crippen LogP contribution in [0.25, 0.3) is 0 Å². The first-order valence-corrected chi connectivity index (χ1v) is 7.06. The third kappa shape index (κ3) is 3.52. The molecule has 1 amide bonds. The summed E-state index contributed by atoms with van der Waals surface area (Å²) in [5.74, 6) is 1.56. The third-order valence-electron chi connectivity index (χ3n) is 3.44. The summed E-state index contributed by atoms with van der Waals surface area (Å²) in [5, 5.41) is 4.26. The van der Waals surface area contributed by atoms with Crippen LogP contribution >= 0.6 is 0 Å². The maximum Gasteiger partial charge on any atom is 0.257 e. The molecule has 0 spiro atoms. The molecule has 2 aromatic heterocycles. The number of nitrogens with zero attached hydrogens (tertiary/aromatic N) is 3. The van der Waals surface area contributed by atoms with Gasteiger partial charge in [0.1, 0.15) is 11.5 Å². The lowest BCUT2D eigenvalue weighted by Crippen LogP contribution is -2.26. The molecule has 2 rings (SSSR count). The number of furan rings is 1. The summed E-state index contributed by atoms with van der Waals surface area (Å²) in [6.45, 7) is 5.58. The fourth-order valence-electron chi connectivity index (χ4n) is 2.20. The Labute approximate surface area is 124 Å². The van der Waals surface area contributed by atoms with Crippen molar-refractivity contribution in [3.63, 3.8) is 0 Å². The zero-order valence-electron chi connectivity index (χ0n) is 12.8. The first-order chi connectivity index (χ1) is 10.0. The normalized spacial score (nSPS) is 10.9. The van der Waals surface area contributed by atoms with Crippen molar-refractivity contribution in [1.82, 2.24) is 14.7 Å². The van der Waals surface area contributed by atoms with E-state index in [1.54, 1.807) is 18.1 Å². The van der Waals surface area contributed by atoms with E-state index in [1.165, 1.54) is 0 Å². The molecule has 0 aliphatic heterocycles. The molecule has 6 nitrogen and oxygen atoms in total. The molecular formula is C15H22N4O2. The number of carbonyl (C=O) groups excluding carboxylic acids is 1. The Morgan fingerprint density at radius 3 is 2.81 bits per heavy atom. The number of amides is 1. The number of nitrogens with two attached hydrogens (primary N) is 1. The van der Waals surface area contributed by atoms with E-state index < -0.39 is 0 Å². The van der Waals surface area contributed by atoms with Gasteiger partial charge in [-0.05, 0) is 38.9 Å². The molecule has 114 valence electrons. The van der Waals surface area contributed by atoms with E-state index in [9.17, 15) is 4.79 Å². The Hall–Kier alpha value is -2.08. The second kappa shape index (κ2) is 6.58. The highest BCUT2D eigenvalue weighted by molar-refractivity contribution is 5.94. The Kier molecular flexibility index (Phi) is 4.80. The van der Waals surface area contributed by atoms with Crippen LogP contribution in [0, 0.1) is 13.8 Å². The van der Waals surface area contributed by atoms with Crippen molar-refractivity contribution in [2.24, 2.45) is 5.73 Å². The minimum Gasteiger partial charge on any atom is -0.464 e. The molecule has 0 saturated carbocycles. The van der Waals surface area contributed by atoms with Gasteiger partial charge in [-0.25, -0.2) is 0 Å². The predicted octanol–water partition coefficient (Wildman–Crippen LogP) is 1.71. The van der Waals surface area contributed by atoms with Gasteiger partial charge in [-0.3, -0.25) is 9.48 Å². The van der Waals surface area contributed by atoms with Crippen LogP contribution in [-0.4, -0.2) is 34.2 Å². The number of hydrogen-bond donors (Lipinski definition) is 1. The molecule has 0 radical (unpaired) electrons. The van der Waals surface area contributed by atoms with Gasteiger partial charge in [0.25, 0.3) is 5.91 Å². The van der Waals surface area contributed by atoms with Crippen LogP contribution in [0.3, 0.4) is 0 Å². The average molecular weight is 290 g/mol. The minimum absolute atomic E-state index is 0.0550. The van der Waals surface area contributed by atoms with Gasteiger partial charge in [-0.2, -0.15) is 5.10 Å². The second-order valence-corrected chi connectivity index (χ2v) is 5.18. The van der Waals surface area contributed by atoms with Gasteiger partial charge in [0.05, 0.1) is 18.3 Å². The van der Waals surface area contributed by atoms with Crippen molar-refractivity contribution in [3.05, 3.63) is 41.1 Å². The fraction of sp³-hybridized carbons (Fsp3) is 0.467. The average Bonchev–Trinajstić information content (AvgIpc) is 3.02. The summed E-state index contributed by atoms with van der Waals surface area (Å²) in [6.07, 6.45) is 2.47. The smallest absolute Gasteiger partial charge is 0.257 e. The molecular weight excluding hydrogens is 268 g/mol. The number of rotatable bonds is 6. The first kappa shape index (κ1) is 15.3. The van der Waals surface area contributed by atoms with E-state index in [1.807, 2.05) is 30.7 Å². The van der Waals surface area contributed by atoms with E-state index in [4.69, 9.17) is 10.2 Å². The molecule has 6 heteroatoms. The van der Waals surface area contributed by atoms with Gasteiger partial charge in [-0.1, -0.05) is 0 Å². The molecule has 2 aromatic rings. The van der Waals surface area contributed by atoms with Crippen LogP contribution in [0.4, 0.5) is 0 Å². The van der Waals surface area contributed by atoms with Crippen molar-refractivity contribution < 1.29 is 9.21 Å². The lowest BCUT2D eigenvalue weighted by Gasteiger charge is -2.15. The molecule has 21 heavy (non-hydrogen) atoms. The van der Waals surface area contributed by atoms with Crippen molar-refractivity contribution in [1.29, 1.82) is 0 Å². The van der Waals surface area contributed by atoms with E-state index in [-0.39, 0.29) is 5.91 Å². The minimum atomic E-state index is -0.0550. The van der Waals surface area contributed by atoms with E-state index in [2.05, 4.69) is 5.10 Å². The van der Waals surface area contributed by atoms with Crippen LogP contribution in [-0.2, 0) is 13.1 Å². The summed E-state index contributed by atoms with van der Waals surface area (Å²) < 4.78 is 7.32. The highest BCUT2D eigenvalue weighted by atomic mass is 16.3. The summed E-state index contributed by atoms with van der Waals surface area (Å²) in [4.78, 5) is 14.1. The largest absolute Gasteiger partial charge is 0.464 e. The van der Waals surface area contributed by atoms with Crippen LogP contribution in [0.5, 0.6) is 0 Å². The van der Waals surface area contributed by atoms with Gasteiger partial charge in [0.15, 0.2) is 0 Å². The lowest BCUT2D eigenvalue weighted by molar-refractivity contribution is 0.0774. The van der Waals surface area contributed by atoms with Crippen LogP contribution in [0.2, 0.25) is 0 Å². The van der Waals surface area contributed by atoms with E-state index in [0.29, 0.717) is 18.7 Å². The Morgan fingerprint density at radius 1 is 1.43 bits per heavy atom. The maximum atomic E-state index is 12.5. The molecule has 0 unspecified atom stereocenters. The lowest BCUT2D eigenvalue weighted by atomic mass is 10.2. The van der Waals surface area contributed by atoms with Crippen molar-refractivity contribution in [3.8, 4) is 0 Å². The number of carbonyl (C=O) groups is 1. The zero-order valence-corrected chi connectivity index (χ0v) is 12.8. The van der Waals surface area contributed by atoms with Gasteiger partial charge in [0, 0.05) is 19.3 Å². The predicted molar refractivity (Wildman–Crippen MR) is 79.9 cm³/mol. The van der Waals surface area contributed by atoms with Gasteiger partial charge >= 0.3 is 0 Å². The molecule has 0 saturated heterocycles. The van der Waals surface area contributed by atoms with E-state index in [0.717, 1.165) is 30.2 Å². The SMILES string of the molecule is Cc1ccc(CN(C)C(=O)c2cnn(CCCN)c2C)o1. The highest BCUT2D eigenvalue weighted by Gasteiger charge is 2.18. The molecule has 0 fully saturated rings. The number of hydrogen-bond acceptors (Lipinski definition) is 4. The van der Waals surface area contributed by atoms with Crippen molar-refractivity contribution in [2.45, 2.75) is 33.4 Å². The van der Waals surface area contributed by atoms with Gasteiger partial charge in [-0.15, -0.1) is 0 Å². The van der Waals surface area contributed by atoms with Crippen molar-refractivity contribution in [2.75, 3.05) is 13.6 Å². The van der Waals surface area contributed by atoms with Gasteiger partial charge < -0.3 is 15.1 Å². The molecule has 2 heterocycles. The monoisotopic (exact) mass is 290 g/mol. The first-order valence-electron chi connectivity index (χ1n) is 7.06. The Morgan fingerprint density at radius 2 is 2.19 bits per heavy atom. The number of aromatic nitrogens is 2. The quantitative estimate of drug-likeness (QED) is 0.878. The second-order valence-electron chi connectivity index (χ2n) is 5.18. The van der Waals surface area contributed by atoms with Crippen LogP contribution in [0.1, 0.15) is 34.0 Å². The molecule has 0 atom stereocenters. The van der Waals surface area contributed by atoms with Gasteiger partial charge in [0.2, 0.25) is 0 Å². The Bertz CT molecular complexity index is 615. The summed E-state index contributed by atoms with van der Waals surface area (Å²) >= 11 is 0. The summed E-state index contributed by atoms with van der Waals surface area (Å²) in [6, 6.07) is 3.78. The fourth-order valence-corrected chi connectivity index (χ4v) is 2.20. The topological polar surface area (TPSA) is 77.3 Å². The summed E-state index contributed by atoms with van der Waals surface area (Å²) in [5.41, 5.74) is 7.00. The number of aryl methyl sites for hydroxylation is 2. The Balaban J connectivity index is 2.06. The molecule has 0 aliphatic rings. The zero-order chi connectivity index (χ0) is 15.4. The molecule has 0 aromatic carbocycles. The standard InChI is InChI=1S/C15H22N4O2/c1-11-5-6-13(21-11)10-18(3)15(20)14-9-17-19(12(14)2)8-4-7-16/h5-6,9H,4,7-8,10,16H2,1-3H3. The van der Waals surface area contributed by atoms with Crippen molar-refractivity contribution >= 4 is 5.91 Å². The van der Waals surface area contributed by atoms with Crippen LogP contribution in [0.15, 0.2) is 22.7 Å². The summed E-state index contributed by atoms with van der Waals surface area (Å²) in [7, 11) is 1.76. The van der Waals surface area contributed by atoms with E-state index >= 15 is 0 Å². The molecule has 2 N–H and O–H groups in total. The molecule has 0 bridgehead atoms. The van der Waals surface area contributed by atoms with Crippen LogP contribution < -0.4 is 5.73 Å².